The van der Waals surface area contributed by atoms with Gasteiger partial charge in [0.05, 0.1) is 12.0 Å². The Balaban J connectivity index is 2.21. The van der Waals surface area contributed by atoms with Crippen LogP contribution in [-0.2, 0) is 4.79 Å². The van der Waals surface area contributed by atoms with E-state index in [1.165, 1.54) is 0 Å². The molecule has 4 bridgehead atoms. The molecule has 1 N–H and O–H groups in total. The van der Waals surface area contributed by atoms with Gasteiger partial charge in [0.25, 0.3) is 0 Å². The van der Waals surface area contributed by atoms with Crippen molar-refractivity contribution in [3.8, 4) is 0 Å². The standard InChI is InChI=1S/C12H13NO/c1-12-7-3-2-4-8-5-6-9(12)13-11(14)10(8)12/h2-10H,1H3,(H,13,14)/t8-,9-,10-,12+/m1/s1. The van der Waals surface area contributed by atoms with Gasteiger partial charge in [-0.1, -0.05) is 43.4 Å². The molecule has 1 aliphatic heterocycles. The third-order valence-electron chi connectivity index (χ3n) is 3.73. The van der Waals surface area contributed by atoms with E-state index in [0.717, 1.165) is 0 Å². The Morgan fingerprint density at radius 1 is 1.29 bits per heavy atom. The minimum absolute atomic E-state index is 0.0278. The van der Waals surface area contributed by atoms with Gasteiger partial charge in [-0.15, -0.1) is 0 Å². The third kappa shape index (κ3) is 0.788. The fourth-order valence-electron chi connectivity index (χ4n) is 2.91. The quantitative estimate of drug-likeness (QED) is 0.571. The highest BCUT2D eigenvalue weighted by Crippen LogP contribution is 2.48. The first-order chi connectivity index (χ1) is 6.72. The molecule has 3 aliphatic rings. The average molecular weight is 187 g/mol. The number of nitrogens with one attached hydrogen (secondary N) is 1. The third-order valence-corrected chi connectivity index (χ3v) is 3.73. The number of carbonyl (C=O) groups excluding carboxylic acids is 1. The highest BCUT2D eigenvalue weighted by atomic mass is 16.2. The van der Waals surface area contributed by atoms with Crippen LogP contribution in [0.2, 0.25) is 0 Å². The molecule has 3 rings (SSSR count). The summed E-state index contributed by atoms with van der Waals surface area (Å²) in [7, 11) is 0. The number of amides is 1. The normalized spacial score (nSPS) is 47.8. The van der Waals surface area contributed by atoms with Crippen LogP contribution in [0.5, 0.6) is 0 Å². The van der Waals surface area contributed by atoms with E-state index in [0.29, 0.717) is 0 Å². The van der Waals surface area contributed by atoms with Crippen molar-refractivity contribution in [1.82, 2.24) is 5.32 Å². The van der Waals surface area contributed by atoms with E-state index in [2.05, 4.69) is 42.6 Å². The summed E-state index contributed by atoms with van der Waals surface area (Å²) in [4.78, 5) is 11.8. The summed E-state index contributed by atoms with van der Waals surface area (Å²) >= 11 is 0. The second-order valence-electron chi connectivity index (χ2n) is 4.54. The number of hydrogen-bond acceptors (Lipinski definition) is 1. The van der Waals surface area contributed by atoms with Crippen LogP contribution < -0.4 is 5.32 Å². The number of rotatable bonds is 0. The van der Waals surface area contributed by atoms with Gasteiger partial charge in [-0.2, -0.15) is 0 Å². The highest BCUT2D eigenvalue weighted by Gasteiger charge is 2.53. The van der Waals surface area contributed by atoms with Gasteiger partial charge in [-0.25, -0.2) is 0 Å². The number of allylic oxidation sites excluding steroid dienone is 4. The van der Waals surface area contributed by atoms with Crippen molar-refractivity contribution in [3.63, 3.8) is 0 Å². The summed E-state index contributed by atoms with van der Waals surface area (Å²) in [6.07, 6.45) is 12.7. The summed E-state index contributed by atoms with van der Waals surface area (Å²) in [5.41, 5.74) is -0.0278. The summed E-state index contributed by atoms with van der Waals surface area (Å²) < 4.78 is 0. The zero-order chi connectivity index (χ0) is 9.76. The molecule has 1 fully saturated rings. The molecule has 2 aliphatic carbocycles. The predicted molar refractivity (Wildman–Crippen MR) is 54.4 cm³/mol. The maximum Gasteiger partial charge on any atom is 0.225 e. The Morgan fingerprint density at radius 3 is 3.00 bits per heavy atom. The van der Waals surface area contributed by atoms with Crippen molar-refractivity contribution in [2.75, 3.05) is 0 Å². The summed E-state index contributed by atoms with van der Waals surface area (Å²) in [5, 5.41) is 3.04. The molecule has 0 aromatic rings. The molecule has 1 amide bonds. The fourth-order valence-corrected chi connectivity index (χ4v) is 2.91. The van der Waals surface area contributed by atoms with E-state index in [1.54, 1.807) is 0 Å². The maximum atomic E-state index is 11.8. The predicted octanol–water partition coefficient (Wildman–Crippen LogP) is 1.42. The fraction of sp³-hybridized carbons (Fsp3) is 0.417. The monoisotopic (exact) mass is 187 g/mol. The SMILES string of the molecule is C[C@]12C=CC=C[C@@H]3C=C[C@H]1NC(=O)[C@@H]32. The first-order valence-electron chi connectivity index (χ1n) is 5.06. The lowest BCUT2D eigenvalue weighted by Gasteiger charge is -2.35. The van der Waals surface area contributed by atoms with Gasteiger partial charge in [-0.05, 0) is 0 Å². The van der Waals surface area contributed by atoms with E-state index >= 15 is 0 Å². The van der Waals surface area contributed by atoms with E-state index in [1.807, 2.05) is 6.08 Å². The molecule has 0 spiro atoms. The molecule has 0 aromatic heterocycles. The molecule has 14 heavy (non-hydrogen) atoms. The Labute approximate surface area is 83.4 Å². The van der Waals surface area contributed by atoms with Crippen molar-refractivity contribution < 1.29 is 4.79 Å². The van der Waals surface area contributed by atoms with Gasteiger partial charge >= 0.3 is 0 Å². The summed E-state index contributed by atoms with van der Waals surface area (Å²) in [5.74, 6) is 0.560. The van der Waals surface area contributed by atoms with Gasteiger partial charge in [0.15, 0.2) is 0 Å². The lowest BCUT2D eigenvalue weighted by atomic mass is 9.66. The van der Waals surface area contributed by atoms with Crippen molar-refractivity contribution in [1.29, 1.82) is 0 Å². The Morgan fingerprint density at radius 2 is 2.14 bits per heavy atom. The van der Waals surface area contributed by atoms with E-state index in [4.69, 9.17) is 0 Å². The Kier molecular flexibility index (Phi) is 1.37. The number of hydrogen-bond donors (Lipinski definition) is 1. The van der Waals surface area contributed by atoms with Crippen LogP contribution in [0.4, 0.5) is 0 Å². The molecule has 1 heterocycles. The van der Waals surface area contributed by atoms with Crippen LogP contribution in [0.25, 0.3) is 0 Å². The molecule has 72 valence electrons. The molecule has 2 nitrogen and oxygen atoms in total. The van der Waals surface area contributed by atoms with Crippen LogP contribution in [0.15, 0.2) is 36.5 Å². The molecule has 0 aromatic carbocycles. The van der Waals surface area contributed by atoms with E-state index < -0.39 is 0 Å². The molecule has 0 unspecified atom stereocenters. The summed E-state index contributed by atoms with van der Waals surface area (Å²) in [6.45, 7) is 2.17. The smallest absolute Gasteiger partial charge is 0.225 e. The van der Waals surface area contributed by atoms with Gasteiger partial charge in [-0.3, -0.25) is 4.79 Å². The van der Waals surface area contributed by atoms with Crippen molar-refractivity contribution in [2.45, 2.75) is 13.0 Å². The Bertz CT molecular complexity index is 380. The second-order valence-corrected chi connectivity index (χ2v) is 4.54. The van der Waals surface area contributed by atoms with Crippen LogP contribution in [0, 0.1) is 17.3 Å². The highest BCUT2D eigenvalue weighted by molar-refractivity contribution is 5.85. The molecular weight excluding hydrogens is 174 g/mol. The van der Waals surface area contributed by atoms with Crippen molar-refractivity contribution in [2.24, 2.45) is 17.3 Å². The van der Waals surface area contributed by atoms with Gasteiger partial charge in [0, 0.05) is 11.3 Å². The lowest BCUT2D eigenvalue weighted by molar-refractivity contribution is -0.124. The van der Waals surface area contributed by atoms with Crippen LogP contribution >= 0.6 is 0 Å². The van der Waals surface area contributed by atoms with E-state index in [9.17, 15) is 4.79 Å². The largest absolute Gasteiger partial charge is 0.349 e. The van der Waals surface area contributed by atoms with Crippen LogP contribution in [0.3, 0.4) is 0 Å². The van der Waals surface area contributed by atoms with Gasteiger partial charge in [0.2, 0.25) is 5.91 Å². The zero-order valence-electron chi connectivity index (χ0n) is 8.10. The molecule has 0 radical (unpaired) electrons. The van der Waals surface area contributed by atoms with Crippen molar-refractivity contribution >= 4 is 5.91 Å². The average Bonchev–Trinajstić information content (AvgIpc) is 2.31. The van der Waals surface area contributed by atoms with Crippen LogP contribution in [-0.4, -0.2) is 11.9 Å². The van der Waals surface area contributed by atoms with Crippen molar-refractivity contribution in [3.05, 3.63) is 36.5 Å². The zero-order valence-corrected chi connectivity index (χ0v) is 8.10. The Hall–Kier alpha value is -1.31. The van der Waals surface area contributed by atoms with Crippen LogP contribution in [0.1, 0.15) is 6.92 Å². The minimum atomic E-state index is -0.0278. The maximum absolute atomic E-state index is 11.8. The first kappa shape index (κ1) is 8.04. The second kappa shape index (κ2) is 2.38. The first-order valence-corrected chi connectivity index (χ1v) is 5.06. The van der Waals surface area contributed by atoms with Gasteiger partial charge in [0.1, 0.15) is 0 Å². The molecule has 1 saturated heterocycles. The molecule has 4 atom stereocenters. The molecular formula is C12H13NO. The molecule has 2 heteroatoms. The number of carbonyl (C=O) groups is 1. The summed E-state index contributed by atoms with van der Waals surface area (Å²) in [6, 6.07) is 0.187. The van der Waals surface area contributed by atoms with Gasteiger partial charge < -0.3 is 5.32 Å². The topological polar surface area (TPSA) is 29.1 Å². The molecule has 0 saturated carbocycles. The minimum Gasteiger partial charge on any atom is -0.349 e. The lowest BCUT2D eigenvalue weighted by Crippen LogP contribution is -2.38. The van der Waals surface area contributed by atoms with E-state index in [-0.39, 0.29) is 29.2 Å².